The predicted molar refractivity (Wildman–Crippen MR) is 61.9 cm³/mol. The molecule has 0 amide bonds. The Morgan fingerprint density at radius 3 is 2.80 bits per heavy atom. The Kier molecular flexibility index (Phi) is 4.00. The minimum absolute atomic E-state index is 0.0279. The summed E-state index contributed by atoms with van der Waals surface area (Å²) in [6.45, 7) is 2.39. The lowest BCUT2D eigenvalue weighted by molar-refractivity contribution is 0.0611. The van der Waals surface area contributed by atoms with Crippen LogP contribution in [-0.4, -0.2) is 48.3 Å². The SMILES string of the molecule is CN1CCCCC1CCNC1CC(O)C1. The van der Waals surface area contributed by atoms with Crippen LogP contribution in [0.1, 0.15) is 38.5 Å². The summed E-state index contributed by atoms with van der Waals surface area (Å²) in [4.78, 5) is 2.50. The quantitative estimate of drug-likeness (QED) is 0.729. The van der Waals surface area contributed by atoms with Gasteiger partial charge in [-0.25, -0.2) is 0 Å². The average molecular weight is 212 g/mol. The molecule has 2 aliphatic rings. The van der Waals surface area contributed by atoms with Gasteiger partial charge in [-0.15, -0.1) is 0 Å². The van der Waals surface area contributed by atoms with Crippen LogP contribution in [0.2, 0.25) is 0 Å². The number of hydrogen-bond acceptors (Lipinski definition) is 3. The zero-order chi connectivity index (χ0) is 10.7. The molecule has 1 unspecified atom stereocenters. The van der Waals surface area contributed by atoms with Crippen molar-refractivity contribution in [1.82, 2.24) is 10.2 Å². The van der Waals surface area contributed by atoms with Crippen molar-refractivity contribution in [3.8, 4) is 0 Å². The Hall–Kier alpha value is -0.120. The molecule has 0 spiro atoms. The van der Waals surface area contributed by atoms with Gasteiger partial charge in [0.15, 0.2) is 0 Å². The summed E-state index contributed by atoms with van der Waals surface area (Å²) in [5.41, 5.74) is 0. The molecular weight excluding hydrogens is 188 g/mol. The first-order valence-electron chi connectivity index (χ1n) is 6.37. The third-order valence-corrected chi connectivity index (χ3v) is 3.95. The van der Waals surface area contributed by atoms with E-state index in [0.29, 0.717) is 6.04 Å². The molecule has 1 atom stereocenters. The molecule has 0 aromatic heterocycles. The van der Waals surface area contributed by atoms with Crippen molar-refractivity contribution in [3.05, 3.63) is 0 Å². The summed E-state index contributed by atoms with van der Waals surface area (Å²) < 4.78 is 0. The van der Waals surface area contributed by atoms with Crippen molar-refractivity contribution < 1.29 is 5.11 Å². The summed E-state index contributed by atoms with van der Waals surface area (Å²) in [6, 6.07) is 1.38. The minimum Gasteiger partial charge on any atom is -0.393 e. The maximum atomic E-state index is 9.16. The minimum atomic E-state index is -0.0279. The normalized spacial score (nSPS) is 37.6. The maximum absolute atomic E-state index is 9.16. The summed E-state index contributed by atoms with van der Waals surface area (Å²) in [7, 11) is 2.25. The number of aliphatic hydroxyl groups is 1. The third-order valence-electron chi connectivity index (χ3n) is 3.95. The van der Waals surface area contributed by atoms with E-state index in [9.17, 15) is 0 Å². The molecule has 2 rings (SSSR count). The van der Waals surface area contributed by atoms with Crippen molar-refractivity contribution in [2.24, 2.45) is 0 Å². The number of likely N-dealkylation sites (tertiary alicyclic amines) is 1. The number of aliphatic hydroxyl groups excluding tert-OH is 1. The number of hydrogen-bond donors (Lipinski definition) is 2. The van der Waals surface area contributed by atoms with E-state index < -0.39 is 0 Å². The van der Waals surface area contributed by atoms with Gasteiger partial charge in [0.25, 0.3) is 0 Å². The Bertz CT molecular complexity index is 192. The van der Waals surface area contributed by atoms with E-state index >= 15 is 0 Å². The average Bonchev–Trinajstić information content (AvgIpc) is 2.18. The largest absolute Gasteiger partial charge is 0.393 e. The molecule has 15 heavy (non-hydrogen) atoms. The van der Waals surface area contributed by atoms with Crippen LogP contribution < -0.4 is 5.32 Å². The zero-order valence-electron chi connectivity index (χ0n) is 9.78. The van der Waals surface area contributed by atoms with E-state index in [0.717, 1.165) is 25.4 Å². The molecule has 3 heteroatoms. The van der Waals surface area contributed by atoms with E-state index in [-0.39, 0.29) is 6.10 Å². The maximum Gasteiger partial charge on any atom is 0.0570 e. The molecule has 2 N–H and O–H groups in total. The number of rotatable bonds is 4. The molecule has 0 bridgehead atoms. The standard InChI is InChI=1S/C12H24N2O/c1-14-7-3-2-4-11(14)5-6-13-10-8-12(15)9-10/h10-13,15H,2-9H2,1H3. The van der Waals surface area contributed by atoms with Crippen molar-refractivity contribution in [2.75, 3.05) is 20.1 Å². The van der Waals surface area contributed by atoms with E-state index in [4.69, 9.17) is 5.11 Å². The van der Waals surface area contributed by atoms with Gasteiger partial charge in [0.05, 0.1) is 6.10 Å². The van der Waals surface area contributed by atoms with E-state index in [1.54, 1.807) is 0 Å². The van der Waals surface area contributed by atoms with Crippen LogP contribution in [0.15, 0.2) is 0 Å². The second-order valence-electron chi connectivity index (χ2n) is 5.20. The van der Waals surface area contributed by atoms with Gasteiger partial charge in [-0.05, 0) is 52.2 Å². The Morgan fingerprint density at radius 1 is 1.33 bits per heavy atom. The van der Waals surface area contributed by atoms with Crippen molar-refractivity contribution in [3.63, 3.8) is 0 Å². The van der Waals surface area contributed by atoms with Crippen LogP contribution in [0.25, 0.3) is 0 Å². The van der Waals surface area contributed by atoms with Crippen molar-refractivity contribution in [2.45, 2.75) is 56.7 Å². The van der Waals surface area contributed by atoms with Gasteiger partial charge in [0.2, 0.25) is 0 Å². The fourth-order valence-corrected chi connectivity index (χ4v) is 2.72. The van der Waals surface area contributed by atoms with E-state index in [2.05, 4.69) is 17.3 Å². The van der Waals surface area contributed by atoms with Gasteiger partial charge < -0.3 is 15.3 Å². The monoisotopic (exact) mass is 212 g/mol. The van der Waals surface area contributed by atoms with Crippen molar-refractivity contribution >= 4 is 0 Å². The van der Waals surface area contributed by atoms with Crippen LogP contribution in [0.5, 0.6) is 0 Å². The van der Waals surface area contributed by atoms with Crippen LogP contribution in [0, 0.1) is 0 Å². The Balaban J connectivity index is 1.56. The smallest absolute Gasteiger partial charge is 0.0570 e. The molecule has 1 saturated carbocycles. The fourth-order valence-electron chi connectivity index (χ4n) is 2.72. The third kappa shape index (κ3) is 3.16. The summed E-state index contributed by atoms with van der Waals surface area (Å²) in [5.74, 6) is 0. The second kappa shape index (κ2) is 5.28. The molecule has 1 saturated heterocycles. The van der Waals surface area contributed by atoms with Gasteiger partial charge in [-0.2, -0.15) is 0 Å². The summed E-state index contributed by atoms with van der Waals surface area (Å²) in [6.07, 6.45) is 7.29. The van der Waals surface area contributed by atoms with Gasteiger partial charge in [-0.3, -0.25) is 0 Å². The summed E-state index contributed by atoms with van der Waals surface area (Å²) >= 11 is 0. The molecule has 3 nitrogen and oxygen atoms in total. The molecule has 1 heterocycles. The lowest BCUT2D eigenvalue weighted by Crippen LogP contribution is -2.46. The van der Waals surface area contributed by atoms with E-state index in [1.807, 2.05) is 0 Å². The first kappa shape index (κ1) is 11.4. The molecule has 1 aliphatic heterocycles. The zero-order valence-corrected chi connectivity index (χ0v) is 9.78. The Labute approximate surface area is 92.8 Å². The van der Waals surface area contributed by atoms with Crippen LogP contribution in [-0.2, 0) is 0 Å². The molecule has 0 aromatic carbocycles. The molecular formula is C12H24N2O. The lowest BCUT2D eigenvalue weighted by atomic mass is 9.89. The molecule has 88 valence electrons. The number of nitrogens with one attached hydrogen (secondary N) is 1. The van der Waals surface area contributed by atoms with Gasteiger partial charge in [0, 0.05) is 12.1 Å². The predicted octanol–water partition coefficient (Wildman–Crippen LogP) is 0.974. The molecule has 0 radical (unpaired) electrons. The van der Waals surface area contributed by atoms with Crippen molar-refractivity contribution in [1.29, 1.82) is 0 Å². The molecule has 1 aliphatic carbocycles. The highest BCUT2D eigenvalue weighted by Crippen LogP contribution is 2.20. The van der Waals surface area contributed by atoms with E-state index in [1.165, 1.54) is 32.2 Å². The number of piperidine rings is 1. The van der Waals surface area contributed by atoms with Gasteiger partial charge in [0.1, 0.15) is 0 Å². The van der Waals surface area contributed by atoms with Crippen LogP contribution in [0.4, 0.5) is 0 Å². The summed E-state index contributed by atoms with van der Waals surface area (Å²) in [5, 5.41) is 12.7. The highest BCUT2D eigenvalue weighted by atomic mass is 16.3. The first-order valence-corrected chi connectivity index (χ1v) is 6.37. The fraction of sp³-hybridized carbons (Fsp3) is 1.00. The highest BCUT2D eigenvalue weighted by molar-refractivity contribution is 4.85. The van der Waals surface area contributed by atoms with Crippen LogP contribution >= 0.6 is 0 Å². The Morgan fingerprint density at radius 2 is 2.13 bits per heavy atom. The lowest BCUT2D eigenvalue weighted by Gasteiger charge is -2.35. The second-order valence-corrected chi connectivity index (χ2v) is 5.20. The van der Waals surface area contributed by atoms with Crippen LogP contribution in [0.3, 0.4) is 0 Å². The topological polar surface area (TPSA) is 35.5 Å². The number of nitrogens with zero attached hydrogens (tertiary/aromatic N) is 1. The highest BCUT2D eigenvalue weighted by Gasteiger charge is 2.26. The molecule has 0 aromatic rings. The molecule has 2 fully saturated rings. The first-order chi connectivity index (χ1) is 7.25. The van der Waals surface area contributed by atoms with Gasteiger partial charge >= 0.3 is 0 Å². The van der Waals surface area contributed by atoms with Gasteiger partial charge in [-0.1, -0.05) is 6.42 Å².